The Bertz CT molecular complexity index is 323. The van der Waals surface area contributed by atoms with E-state index in [4.69, 9.17) is 0 Å². The molecule has 2 aliphatic heterocycles. The van der Waals surface area contributed by atoms with Crippen LogP contribution in [0.25, 0.3) is 0 Å². The van der Waals surface area contributed by atoms with Crippen LogP contribution in [0.4, 0.5) is 0 Å². The first kappa shape index (κ1) is 15.8. The summed E-state index contributed by atoms with van der Waals surface area (Å²) < 4.78 is 0. The van der Waals surface area contributed by atoms with Crippen LogP contribution in [0.3, 0.4) is 0 Å². The van der Waals surface area contributed by atoms with Gasteiger partial charge in [0, 0.05) is 37.8 Å². The zero-order valence-corrected chi connectivity index (χ0v) is 14.5. The minimum absolute atomic E-state index is 0.345. The topological polar surface area (TPSA) is 18.5 Å². The molecule has 21 heavy (non-hydrogen) atoms. The predicted octanol–water partition coefficient (Wildman–Crippen LogP) is 2.71. The van der Waals surface area contributed by atoms with Crippen molar-refractivity contribution in [2.45, 2.75) is 70.9 Å². The molecular weight excluding hydrogens is 258 g/mol. The molecule has 0 aromatic heterocycles. The highest BCUT2D eigenvalue weighted by atomic mass is 15.3. The monoisotopic (exact) mass is 293 g/mol. The SMILES string of the molecule is CC(C)(C)N1CCN(C2CCC3(CCNCC3)CC2)CC1. The van der Waals surface area contributed by atoms with E-state index in [9.17, 15) is 0 Å². The van der Waals surface area contributed by atoms with Crippen molar-refractivity contribution in [1.29, 1.82) is 0 Å². The fraction of sp³-hybridized carbons (Fsp3) is 1.00. The van der Waals surface area contributed by atoms with Crippen molar-refractivity contribution in [2.75, 3.05) is 39.3 Å². The highest BCUT2D eigenvalue weighted by Crippen LogP contribution is 2.44. The predicted molar refractivity (Wildman–Crippen MR) is 89.7 cm³/mol. The third-order valence-electron chi connectivity index (χ3n) is 6.46. The molecule has 0 unspecified atom stereocenters. The molecule has 2 saturated heterocycles. The number of hydrogen-bond donors (Lipinski definition) is 1. The van der Waals surface area contributed by atoms with Crippen molar-refractivity contribution < 1.29 is 0 Å². The number of piperazine rings is 1. The van der Waals surface area contributed by atoms with Gasteiger partial charge < -0.3 is 5.32 Å². The summed E-state index contributed by atoms with van der Waals surface area (Å²) in [6.07, 6.45) is 8.73. The van der Waals surface area contributed by atoms with Crippen molar-refractivity contribution in [3.63, 3.8) is 0 Å². The Kier molecular flexibility index (Phi) is 4.63. The third kappa shape index (κ3) is 3.62. The molecule has 122 valence electrons. The van der Waals surface area contributed by atoms with Crippen molar-refractivity contribution in [1.82, 2.24) is 15.1 Å². The Morgan fingerprint density at radius 3 is 1.95 bits per heavy atom. The van der Waals surface area contributed by atoms with Crippen LogP contribution in [0.1, 0.15) is 59.3 Å². The van der Waals surface area contributed by atoms with Crippen LogP contribution in [-0.2, 0) is 0 Å². The highest BCUT2D eigenvalue weighted by Gasteiger charge is 2.38. The zero-order valence-electron chi connectivity index (χ0n) is 14.5. The summed E-state index contributed by atoms with van der Waals surface area (Å²) in [5.74, 6) is 0. The van der Waals surface area contributed by atoms with E-state index in [1.807, 2.05) is 0 Å². The fourth-order valence-corrected chi connectivity index (χ4v) is 4.80. The number of nitrogens with one attached hydrogen (secondary N) is 1. The van der Waals surface area contributed by atoms with Gasteiger partial charge in [0.05, 0.1) is 0 Å². The van der Waals surface area contributed by atoms with Crippen LogP contribution >= 0.6 is 0 Å². The quantitative estimate of drug-likeness (QED) is 0.802. The van der Waals surface area contributed by atoms with Crippen molar-refractivity contribution >= 4 is 0 Å². The fourth-order valence-electron chi connectivity index (χ4n) is 4.80. The molecule has 0 atom stereocenters. The molecule has 0 amide bonds. The van der Waals surface area contributed by atoms with Gasteiger partial charge in [0.2, 0.25) is 0 Å². The summed E-state index contributed by atoms with van der Waals surface area (Å²) in [6.45, 7) is 14.7. The molecule has 3 aliphatic rings. The summed E-state index contributed by atoms with van der Waals surface area (Å²) in [5, 5.41) is 3.53. The van der Waals surface area contributed by atoms with Crippen LogP contribution in [-0.4, -0.2) is 60.6 Å². The maximum Gasteiger partial charge on any atom is 0.0126 e. The maximum atomic E-state index is 3.53. The number of rotatable bonds is 1. The maximum absolute atomic E-state index is 3.53. The summed E-state index contributed by atoms with van der Waals surface area (Å²) in [4.78, 5) is 5.46. The van der Waals surface area contributed by atoms with Gasteiger partial charge in [0.25, 0.3) is 0 Å². The van der Waals surface area contributed by atoms with E-state index in [2.05, 4.69) is 35.9 Å². The van der Waals surface area contributed by atoms with Gasteiger partial charge >= 0.3 is 0 Å². The first-order chi connectivity index (χ1) is 9.99. The normalized spacial score (nSPS) is 29.9. The van der Waals surface area contributed by atoms with Gasteiger partial charge in [-0.1, -0.05) is 0 Å². The van der Waals surface area contributed by atoms with E-state index >= 15 is 0 Å². The van der Waals surface area contributed by atoms with Crippen LogP contribution in [0.2, 0.25) is 0 Å². The van der Waals surface area contributed by atoms with E-state index in [0.29, 0.717) is 5.54 Å². The smallest absolute Gasteiger partial charge is 0.0126 e. The molecule has 1 N–H and O–H groups in total. The molecule has 3 fully saturated rings. The average Bonchev–Trinajstić information content (AvgIpc) is 2.48. The Hall–Kier alpha value is -0.120. The first-order valence-electron chi connectivity index (χ1n) is 9.18. The lowest BCUT2D eigenvalue weighted by Crippen LogP contribution is -2.56. The van der Waals surface area contributed by atoms with Crippen molar-refractivity contribution in [3.8, 4) is 0 Å². The molecule has 3 rings (SSSR count). The lowest BCUT2D eigenvalue weighted by atomic mass is 9.67. The van der Waals surface area contributed by atoms with Gasteiger partial charge in [0.15, 0.2) is 0 Å². The van der Waals surface area contributed by atoms with Crippen molar-refractivity contribution in [2.24, 2.45) is 5.41 Å². The average molecular weight is 293 g/mol. The number of piperidine rings is 1. The van der Waals surface area contributed by atoms with Crippen LogP contribution in [0.15, 0.2) is 0 Å². The second-order valence-electron chi connectivity index (χ2n) is 8.68. The van der Waals surface area contributed by atoms with E-state index in [0.717, 1.165) is 11.5 Å². The number of nitrogens with zero attached hydrogens (tertiary/aromatic N) is 2. The second kappa shape index (κ2) is 6.17. The molecule has 1 spiro atoms. The molecule has 0 aromatic rings. The summed E-state index contributed by atoms with van der Waals surface area (Å²) >= 11 is 0. The molecular formula is C18H35N3. The second-order valence-corrected chi connectivity index (χ2v) is 8.68. The molecule has 2 heterocycles. The van der Waals surface area contributed by atoms with Gasteiger partial charge in [-0.3, -0.25) is 9.80 Å². The van der Waals surface area contributed by atoms with Gasteiger partial charge in [-0.25, -0.2) is 0 Å². The third-order valence-corrected chi connectivity index (χ3v) is 6.46. The summed E-state index contributed by atoms with van der Waals surface area (Å²) in [7, 11) is 0. The van der Waals surface area contributed by atoms with Gasteiger partial charge in [-0.05, 0) is 77.8 Å². The lowest BCUT2D eigenvalue weighted by Gasteiger charge is -2.49. The lowest BCUT2D eigenvalue weighted by molar-refractivity contribution is 0.0119. The van der Waals surface area contributed by atoms with Crippen LogP contribution < -0.4 is 5.32 Å². The van der Waals surface area contributed by atoms with Gasteiger partial charge in [-0.2, -0.15) is 0 Å². The molecule has 0 aromatic carbocycles. The summed E-state index contributed by atoms with van der Waals surface area (Å²) in [5.41, 5.74) is 1.06. The first-order valence-corrected chi connectivity index (χ1v) is 9.18. The summed E-state index contributed by atoms with van der Waals surface area (Å²) in [6, 6.07) is 0.882. The Morgan fingerprint density at radius 2 is 1.43 bits per heavy atom. The molecule has 0 radical (unpaired) electrons. The Morgan fingerprint density at radius 1 is 0.857 bits per heavy atom. The van der Waals surface area contributed by atoms with Crippen LogP contribution in [0, 0.1) is 5.41 Å². The van der Waals surface area contributed by atoms with E-state index < -0.39 is 0 Å². The van der Waals surface area contributed by atoms with Crippen LogP contribution in [0.5, 0.6) is 0 Å². The van der Waals surface area contributed by atoms with Gasteiger partial charge in [0.1, 0.15) is 0 Å². The molecule has 0 bridgehead atoms. The molecule has 1 aliphatic carbocycles. The van der Waals surface area contributed by atoms with E-state index in [1.54, 1.807) is 0 Å². The minimum Gasteiger partial charge on any atom is -0.317 e. The standard InChI is InChI=1S/C18H35N3/c1-17(2,3)21-14-12-20(13-15-21)16-4-6-18(7-5-16)8-10-19-11-9-18/h16,19H,4-15H2,1-3H3. The highest BCUT2D eigenvalue weighted by molar-refractivity contribution is 4.93. The zero-order chi connectivity index (χ0) is 14.9. The van der Waals surface area contributed by atoms with E-state index in [1.165, 1.54) is 77.8 Å². The minimum atomic E-state index is 0.345. The van der Waals surface area contributed by atoms with Gasteiger partial charge in [-0.15, -0.1) is 0 Å². The Balaban J connectivity index is 1.47. The van der Waals surface area contributed by atoms with Crippen molar-refractivity contribution in [3.05, 3.63) is 0 Å². The molecule has 1 saturated carbocycles. The van der Waals surface area contributed by atoms with E-state index in [-0.39, 0.29) is 0 Å². The Labute approximate surface area is 131 Å². The number of hydrogen-bond acceptors (Lipinski definition) is 3. The molecule has 3 heteroatoms. The molecule has 3 nitrogen and oxygen atoms in total. The largest absolute Gasteiger partial charge is 0.317 e.